The first-order chi connectivity index (χ1) is 9.20. The van der Waals surface area contributed by atoms with Gasteiger partial charge in [0.15, 0.2) is 0 Å². The number of fused-ring (bicyclic) bond motifs is 1. The second-order valence-electron chi connectivity index (χ2n) is 5.51. The van der Waals surface area contributed by atoms with E-state index in [4.69, 9.17) is 4.98 Å². The van der Waals surface area contributed by atoms with Crippen molar-refractivity contribution in [3.63, 3.8) is 0 Å². The van der Waals surface area contributed by atoms with E-state index < -0.39 is 0 Å². The largest absolute Gasteiger partial charge is 0.355 e. The summed E-state index contributed by atoms with van der Waals surface area (Å²) in [5, 5.41) is 3.42. The third-order valence-corrected chi connectivity index (χ3v) is 4.23. The molecule has 0 saturated carbocycles. The summed E-state index contributed by atoms with van der Waals surface area (Å²) >= 11 is 0. The van der Waals surface area contributed by atoms with Crippen LogP contribution in [0.3, 0.4) is 0 Å². The van der Waals surface area contributed by atoms with Crippen molar-refractivity contribution < 1.29 is 0 Å². The average molecular weight is 256 g/mol. The van der Waals surface area contributed by atoms with Gasteiger partial charge in [-0.05, 0) is 38.9 Å². The number of nitrogens with one attached hydrogen (secondary N) is 1. The molecule has 1 aromatic carbocycles. The molecule has 0 radical (unpaired) electrons. The van der Waals surface area contributed by atoms with Gasteiger partial charge >= 0.3 is 0 Å². The second-order valence-corrected chi connectivity index (χ2v) is 5.51. The molecule has 4 nitrogen and oxygen atoms in total. The van der Waals surface area contributed by atoms with Gasteiger partial charge in [-0.25, -0.2) is 4.98 Å². The fraction of sp³-hybridized carbons (Fsp3) is 0.467. The summed E-state index contributed by atoms with van der Waals surface area (Å²) in [5.74, 6) is 0.997. The fourth-order valence-electron chi connectivity index (χ4n) is 2.58. The molecule has 1 aliphatic heterocycles. The molecule has 0 atom stereocenters. The molecule has 0 bridgehead atoms. The number of aromatic nitrogens is 2. The van der Waals surface area contributed by atoms with E-state index in [1.54, 1.807) is 0 Å². The number of piperidine rings is 1. The average Bonchev–Trinajstić information content (AvgIpc) is 2.47. The van der Waals surface area contributed by atoms with Crippen LogP contribution in [0.25, 0.3) is 11.0 Å². The highest BCUT2D eigenvalue weighted by Gasteiger charge is 2.28. The normalized spacial score (nSPS) is 18.7. The lowest BCUT2D eigenvalue weighted by Gasteiger charge is -2.39. The van der Waals surface area contributed by atoms with Crippen LogP contribution in [0.4, 0.5) is 5.82 Å². The van der Waals surface area contributed by atoms with Gasteiger partial charge in [-0.15, -0.1) is 0 Å². The predicted molar refractivity (Wildman–Crippen MR) is 78.4 cm³/mol. The molecule has 1 fully saturated rings. The number of anilines is 1. The molecular weight excluding hydrogens is 236 g/mol. The first kappa shape index (κ1) is 12.4. The monoisotopic (exact) mass is 256 g/mol. The lowest BCUT2D eigenvalue weighted by Crippen LogP contribution is -2.50. The molecule has 0 spiro atoms. The van der Waals surface area contributed by atoms with Crippen LogP contribution < -0.4 is 10.2 Å². The molecule has 4 heteroatoms. The van der Waals surface area contributed by atoms with Crippen LogP contribution in [0, 0.1) is 0 Å². The molecule has 19 heavy (non-hydrogen) atoms. The molecule has 1 saturated heterocycles. The van der Waals surface area contributed by atoms with Gasteiger partial charge in [0.25, 0.3) is 0 Å². The third-order valence-electron chi connectivity index (χ3n) is 4.23. The van der Waals surface area contributed by atoms with E-state index in [2.05, 4.69) is 22.1 Å². The van der Waals surface area contributed by atoms with Crippen LogP contribution in [0.2, 0.25) is 0 Å². The van der Waals surface area contributed by atoms with Crippen molar-refractivity contribution >= 4 is 16.9 Å². The van der Waals surface area contributed by atoms with Crippen LogP contribution in [0.15, 0.2) is 30.5 Å². The maximum absolute atomic E-state index is 4.72. The Kier molecular flexibility index (Phi) is 3.11. The maximum atomic E-state index is 4.72. The minimum atomic E-state index is 0.265. The lowest BCUT2D eigenvalue weighted by atomic mass is 9.90. The molecule has 2 heterocycles. The Bertz CT molecular complexity index is 573. The number of benzene rings is 1. The topological polar surface area (TPSA) is 41.0 Å². The quantitative estimate of drug-likeness (QED) is 0.894. The molecule has 2 aromatic rings. The van der Waals surface area contributed by atoms with E-state index >= 15 is 0 Å². The molecule has 3 rings (SSSR count). The Labute approximate surface area is 113 Å². The summed E-state index contributed by atoms with van der Waals surface area (Å²) < 4.78 is 0. The van der Waals surface area contributed by atoms with E-state index in [-0.39, 0.29) is 5.54 Å². The first-order valence-corrected chi connectivity index (χ1v) is 6.86. The number of rotatable bonds is 2. The number of hydrogen-bond acceptors (Lipinski definition) is 4. The van der Waals surface area contributed by atoms with Gasteiger partial charge in [-0.3, -0.25) is 4.98 Å². The van der Waals surface area contributed by atoms with Gasteiger partial charge < -0.3 is 10.2 Å². The SMILES string of the molecule is CNC1(C)CCN(c2cnc3ccccc3n2)CC1. The minimum absolute atomic E-state index is 0.265. The Balaban J connectivity index is 1.82. The van der Waals surface area contributed by atoms with Crippen molar-refractivity contribution in [3.8, 4) is 0 Å². The summed E-state index contributed by atoms with van der Waals surface area (Å²) in [6.07, 6.45) is 4.17. The first-order valence-electron chi connectivity index (χ1n) is 6.86. The summed E-state index contributed by atoms with van der Waals surface area (Å²) in [5.41, 5.74) is 2.20. The molecule has 0 unspecified atom stereocenters. The van der Waals surface area contributed by atoms with Crippen molar-refractivity contribution in [3.05, 3.63) is 30.5 Å². The van der Waals surface area contributed by atoms with Crippen LogP contribution in [0.1, 0.15) is 19.8 Å². The van der Waals surface area contributed by atoms with Crippen LogP contribution >= 0.6 is 0 Å². The summed E-state index contributed by atoms with van der Waals surface area (Å²) in [7, 11) is 2.05. The number of hydrogen-bond donors (Lipinski definition) is 1. The van der Waals surface area contributed by atoms with Gasteiger partial charge in [0.05, 0.1) is 17.2 Å². The molecule has 1 aromatic heterocycles. The summed E-state index contributed by atoms with van der Waals surface area (Å²) in [6.45, 7) is 4.35. The highest BCUT2D eigenvalue weighted by Crippen LogP contribution is 2.25. The van der Waals surface area contributed by atoms with Crippen molar-refractivity contribution in [2.24, 2.45) is 0 Å². The Morgan fingerprint density at radius 3 is 2.53 bits per heavy atom. The molecule has 1 aliphatic rings. The van der Waals surface area contributed by atoms with Gasteiger partial charge in [-0.2, -0.15) is 0 Å². The van der Waals surface area contributed by atoms with E-state index in [1.165, 1.54) is 0 Å². The van der Waals surface area contributed by atoms with Gasteiger partial charge in [-0.1, -0.05) is 12.1 Å². The Morgan fingerprint density at radius 1 is 1.16 bits per heavy atom. The van der Waals surface area contributed by atoms with Crippen molar-refractivity contribution in [2.75, 3.05) is 25.0 Å². The summed E-state index contributed by atoms with van der Waals surface area (Å²) in [4.78, 5) is 11.5. The van der Waals surface area contributed by atoms with Gasteiger partial charge in [0.1, 0.15) is 5.82 Å². The minimum Gasteiger partial charge on any atom is -0.355 e. The van der Waals surface area contributed by atoms with Crippen molar-refractivity contribution in [2.45, 2.75) is 25.3 Å². The van der Waals surface area contributed by atoms with Crippen molar-refractivity contribution in [1.29, 1.82) is 0 Å². The Hall–Kier alpha value is -1.68. The van der Waals surface area contributed by atoms with Crippen LogP contribution in [-0.4, -0.2) is 35.6 Å². The highest BCUT2D eigenvalue weighted by atomic mass is 15.2. The van der Waals surface area contributed by atoms with E-state index in [9.17, 15) is 0 Å². The zero-order chi connectivity index (χ0) is 13.3. The third kappa shape index (κ3) is 2.40. The number of nitrogens with zero attached hydrogens (tertiary/aromatic N) is 3. The molecule has 1 N–H and O–H groups in total. The zero-order valence-electron chi connectivity index (χ0n) is 11.6. The number of para-hydroxylation sites is 2. The van der Waals surface area contributed by atoms with Crippen LogP contribution in [0.5, 0.6) is 0 Å². The molecule has 100 valence electrons. The summed E-state index contributed by atoms with van der Waals surface area (Å²) in [6, 6.07) is 8.03. The maximum Gasteiger partial charge on any atom is 0.147 e. The van der Waals surface area contributed by atoms with Crippen molar-refractivity contribution in [1.82, 2.24) is 15.3 Å². The van der Waals surface area contributed by atoms with Gasteiger partial charge in [0.2, 0.25) is 0 Å². The second kappa shape index (κ2) is 4.78. The van der Waals surface area contributed by atoms with E-state index in [1.807, 2.05) is 37.5 Å². The van der Waals surface area contributed by atoms with Gasteiger partial charge in [0, 0.05) is 18.6 Å². The predicted octanol–water partition coefficient (Wildman–Crippen LogP) is 2.21. The molecule has 0 amide bonds. The zero-order valence-corrected chi connectivity index (χ0v) is 11.6. The lowest BCUT2D eigenvalue weighted by molar-refractivity contribution is 0.304. The molecular formula is C15H20N4. The standard InChI is InChI=1S/C15H20N4/c1-15(16-2)7-9-19(10-8-15)14-11-17-12-5-3-4-6-13(12)18-14/h3-6,11,16H,7-10H2,1-2H3. The molecule has 0 aliphatic carbocycles. The highest BCUT2D eigenvalue weighted by molar-refractivity contribution is 5.75. The fourth-order valence-corrected chi connectivity index (χ4v) is 2.58. The van der Waals surface area contributed by atoms with Crippen LogP contribution in [-0.2, 0) is 0 Å². The van der Waals surface area contributed by atoms with E-state index in [0.29, 0.717) is 0 Å². The smallest absolute Gasteiger partial charge is 0.147 e. The Morgan fingerprint density at radius 2 is 1.84 bits per heavy atom. The van der Waals surface area contributed by atoms with E-state index in [0.717, 1.165) is 42.8 Å².